The second kappa shape index (κ2) is 4.33. The highest BCUT2D eigenvalue weighted by Crippen LogP contribution is 2.21. The summed E-state index contributed by atoms with van der Waals surface area (Å²) in [5.41, 5.74) is 2.62. The Morgan fingerprint density at radius 3 is 2.20 bits per heavy atom. The van der Waals surface area contributed by atoms with E-state index in [1.807, 2.05) is 26.8 Å². The van der Waals surface area contributed by atoms with Gasteiger partial charge >= 0.3 is 0 Å². The van der Waals surface area contributed by atoms with Crippen LogP contribution in [0.2, 0.25) is 0 Å². The molecule has 1 aromatic carbocycles. The topological polar surface area (TPSA) is 54.4 Å². The molecular weight excluding hydrogens is 212 g/mol. The van der Waals surface area contributed by atoms with Crippen LogP contribution in [-0.2, 0) is 16.5 Å². The second-order valence-electron chi connectivity index (χ2n) is 3.77. The minimum atomic E-state index is -4.09. The first-order chi connectivity index (χ1) is 6.86. The molecule has 0 bridgehead atoms. The Bertz CT molecular complexity index is 461. The molecule has 0 aromatic heterocycles. The van der Waals surface area contributed by atoms with Crippen molar-refractivity contribution in [2.45, 2.75) is 38.5 Å². The average molecular weight is 228 g/mol. The Labute approximate surface area is 90.9 Å². The zero-order valence-corrected chi connectivity index (χ0v) is 10.1. The van der Waals surface area contributed by atoms with Crippen LogP contribution in [-0.4, -0.2) is 13.0 Å². The average Bonchev–Trinajstić information content (AvgIpc) is 2.09. The number of benzene rings is 1. The van der Waals surface area contributed by atoms with E-state index in [0.29, 0.717) is 12.0 Å². The number of hydrogen-bond donors (Lipinski definition) is 1. The molecule has 0 aliphatic heterocycles. The number of hydrogen-bond acceptors (Lipinski definition) is 2. The molecule has 0 spiro atoms. The van der Waals surface area contributed by atoms with Crippen LogP contribution < -0.4 is 0 Å². The van der Waals surface area contributed by atoms with Crippen LogP contribution in [0.1, 0.15) is 30.0 Å². The predicted octanol–water partition coefficient (Wildman–Crippen LogP) is 2.50. The van der Waals surface area contributed by atoms with E-state index >= 15 is 0 Å². The zero-order valence-electron chi connectivity index (χ0n) is 9.24. The van der Waals surface area contributed by atoms with Crippen molar-refractivity contribution < 1.29 is 13.0 Å². The quantitative estimate of drug-likeness (QED) is 0.809. The molecule has 0 amide bonds. The van der Waals surface area contributed by atoms with Gasteiger partial charge in [-0.3, -0.25) is 4.55 Å². The Kier molecular flexibility index (Phi) is 3.52. The summed E-state index contributed by atoms with van der Waals surface area (Å²) in [6.07, 6.45) is 1.52. The van der Waals surface area contributed by atoms with Crippen molar-refractivity contribution in [3.05, 3.63) is 28.8 Å². The van der Waals surface area contributed by atoms with Gasteiger partial charge in [0.15, 0.2) is 0 Å². The van der Waals surface area contributed by atoms with Gasteiger partial charge in [0.25, 0.3) is 10.1 Å². The lowest BCUT2D eigenvalue weighted by Gasteiger charge is -2.09. The fourth-order valence-electron chi connectivity index (χ4n) is 1.55. The summed E-state index contributed by atoms with van der Waals surface area (Å²) in [5, 5.41) is 0. The van der Waals surface area contributed by atoms with Crippen LogP contribution in [0.5, 0.6) is 0 Å². The van der Waals surface area contributed by atoms with Gasteiger partial charge < -0.3 is 0 Å². The third-order valence-electron chi connectivity index (χ3n) is 2.47. The van der Waals surface area contributed by atoms with E-state index in [1.54, 1.807) is 0 Å². The Morgan fingerprint density at radius 1 is 1.20 bits per heavy atom. The molecule has 0 unspecified atom stereocenters. The molecule has 15 heavy (non-hydrogen) atoms. The number of rotatable bonds is 3. The maximum atomic E-state index is 11.1. The molecular formula is C11H16O3S. The molecule has 0 atom stereocenters. The highest BCUT2D eigenvalue weighted by molar-refractivity contribution is 7.85. The summed E-state index contributed by atoms with van der Waals surface area (Å²) >= 11 is 0. The summed E-state index contributed by atoms with van der Waals surface area (Å²) < 4.78 is 31.4. The lowest BCUT2D eigenvalue weighted by Crippen LogP contribution is -2.04. The molecule has 0 aliphatic carbocycles. The van der Waals surface area contributed by atoms with Crippen molar-refractivity contribution in [3.63, 3.8) is 0 Å². The SMILES string of the molecule is CCCc1cc(C)c(C)cc1S(=O)(=O)O. The monoisotopic (exact) mass is 228 g/mol. The van der Waals surface area contributed by atoms with E-state index < -0.39 is 10.1 Å². The summed E-state index contributed by atoms with van der Waals surface area (Å²) in [6.45, 7) is 5.74. The third kappa shape index (κ3) is 2.79. The Hall–Kier alpha value is -0.870. The van der Waals surface area contributed by atoms with Crippen molar-refractivity contribution in [2.75, 3.05) is 0 Å². The summed E-state index contributed by atoms with van der Waals surface area (Å²) in [6, 6.07) is 3.37. The van der Waals surface area contributed by atoms with E-state index in [4.69, 9.17) is 4.55 Å². The van der Waals surface area contributed by atoms with Crippen LogP contribution in [0, 0.1) is 13.8 Å². The van der Waals surface area contributed by atoms with E-state index in [0.717, 1.165) is 17.5 Å². The lowest BCUT2D eigenvalue weighted by molar-refractivity contribution is 0.482. The van der Waals surface area contributed by atoms with E-state index in [2.05, 4.69) is 0 Å². The molecule has 0 heterocycles. The number of aryl methyl sites for hydroxylation is 3. The summed E-state index contributed by atoms with van der Waals surface area (Å²) in [5.74, 6) is 0. The van der Waals surface area contributed by atoms with Crippen molar-refractivity contribution in [1.29, 1.82) is 0 Å². The fourth-order valence-corrected chi connectivity index (χ4v) is 2.37. The minimum Gasteiger partial charge on any atom is -0.282 e. The smallest absolute Gasteiger partial charge is 0.282 e. The molecule has 0 saturated carbocycles. The highest BCUT2D eigenvalue weighted by atomic mass is 32.2. The Morgan fingerprint density at radius 2 is 1.73 bits per heavy atom. The van der Waals surface area contributed by atoms with Crippen molar-refractivity contribution in [2.24, 2.45) is 0 Å². The first-order valence-corrected chi connectivity index (χ1v) is 6.38. The largest absolute Gasteiger partial charge is 0.294 e. The van der Waals surface area contributed by atoms with Crippen LogP contribution in [0.15, 0.2) is 17.0 Å². The molecule has 0 saturated heterocycles. The van der Waals surface area contributed by atoms with Gasteiger partial charge in [0.2, 0.25) is 0 Å². The van der Waals surface area contributed by atoms with E-state index in [9.17, 15) is 8.42 Å². The van der Waals surface area contributed by atoms with E-state index in [1.165, 1.54) is 6.07 Å². The molecule has 0 aliphatic rings. The highest BCUT2D eigenvalue weighted by Gasteiger charge is 2.15. The van der Waals surface area contributed by atoms with Gasteiger partial charge in [0, 0.05) is 0 Å². The maximum absolute atomic E-state index is 11.1. The third-order valence-corrected chi connectivity index (χ3v) is 3.41. The Balaban J connectivity index is 3.42. The normalized spacial score (nSPS) is 11.7. The van der Waals surface area contributed by atoms with Crippen molar-refractivity contribution in [1.82, 2.24) is 0 Å². The standard InChI is InChI=1S/C11H16O3S/c1-4-5-10-6-8(2)9(3)7-11(10)15(12,13)14/h6-7H,4-5H2,1-3H3,(H,12,13,14). The molecule has 4 heteroatoms. The van der Waals surface area contributed by atoms with Crippen LogP contribution >= 0.6 is 0 Å². The van der Waals surface area contributed by atoms with Gasteiger partial charge in [-0.05, 0) is 43.0 Å². The molecule has 84 valence electrons. The van der Waals surface area contributed by atoms with Crippen LogP contribution in [0.25, 0.3) is 0 Å². The van der Waals surface area contributed by atoms with Crippen LogP contribution in [0.3, 0.4) is 0 Å². The molecule has 0 radical (unpaired) electrons. The van der Waals surface area contributed by atoms with Gasteiger partial charge in [-0.15, -0.1) is 0 Å². The van der Waals surface area contributed by atoms with Gasteiger partial charge in [-0.25, -0.2) is 0 Å². The van der Waals surface area contributed by atoms with Crippen molar-refractivity contribution >= 4 is 10.1 Å². The molecule has 1 rings (SSSR count). The maximum Gasteiger partial charge on any atom is 0.294 e. The van der Waals surface area contributed by atoms with Gasteiger partial charge in [-0.1, -0.05) is 19.4 Å². The molecule has 3 nitrogen and oxygen atoms in total. The van der Waals surface area contributed by atoms with Gasteiger partial charge in [-0.2, -0.15) is 8.42 Å². The first kappa shape index (κ1) is 12.2. The van der Waals surface area contributed by atoms with E-state index in [-0.39, 0.29) is 4.90 Å². The first-order valence-electron chi connectivity index (χ1n) is 4.94. The van der Waals surface area contributed by atoms with Gasteiger partial charge in [0.05, 0.1) is 4.90 Å². The van der Waals surface area contributed by atoms with Gasteiger partial charge in [0.1, 0.15) is 0 Å². The zero-order chi connectivity index (χ0) is 11.6. The van der Waals surface area contributed by atoms with Crippen LogP contribution in [0.4, 0.5) is 0 Å². The second-order valence-corrected chi connectivity index (χ2v) is 5.16. The summed E-state index contributed by atoms with van der Waals surface area (Å²) in [7, 11) is -4.09. The molecule has 1 N–H and O–H groups in total. The molecule has 0 fully saturated rings. The molecule has 1 aromatic rings. The fraction of sp³-hybridized carbons (Fsp3) is 0.455. The lowest BCUT2D eigenvalue weighted by atomic mass is 10.0. The minimum absolute atomic E-state index is 0.0486. The summed E-state index contributed by atoms with van der Waals surface area (Å²) in [4.78, 5) is 0.0486. The predicted molar refractivity (Wildman–Crippen MR) is 59.7 cm³/mol. The van der Waals surface area contributed by atoms with Crippen molar-refractivity contribution in [3.8, 4) is 0 Å².